The lowest BCUT2D eigenvalue weighted by molar-refractivity contribution is 0.584. The number of aromatic amines is 1. The Bertz CT molecular complexity index is 854. The third-order valence-electron chi connectivity index (χ3n) is 3.18. The van der Waals surface area contributed by atoms with E-state index in [0.717, 1.165) is 16.5 Å². The summed E-state index contributed by atoms with van der Waals surface area (Å²) in [5.74, 6) is -0.303. The van der Waals surface area contributed by atoms with Crippen molar-refractivity contribution in [1.29, 1.82) is 0 Å². The zero-order valence-corrected chi connectivity index (χ0v) is 12.6. The van der Waals surface area contributed by atoms with Crippen LogP contribution in [0.15, 0.2) is 46.1 Å². The third kappa shape index (κ3) is 2.99. The summed E-state index contributed by atoms with van der Waals surface area (Å²) in [6.45, 7) is 0.268. The first kappa shape index (κ1) is 14.2. The maximum atomic E-state index is 13.3. The van der Waals surface area contributed by atoms with Crippen LogP contribution in [0.5, 0.6) is 0 Å². The summed E-state index contributed by atoms with van der Waals surface area (Å²) in [4.78, 5) is 3.05. The molecule has 2 heterocycles. The summed E-state index contributed by atoms with van der Waals surface area (Å²) in [6, 6.07) is 7.77. The highest BCUT2D eigenvalue weighted by molar-refractivity contribution is 7.91. The lowest BCUT2D eigenvalue weighted by atomic mass is 10.1. The number of hydrogen-bond donors (Lipinski definition) is 2. The predicted molar refractivity (Wildman–Crippen MR) is 81.5 cm³/mol. The fraction of sp³-hybridized carbons (Fsp3) is 0.143. The van der Waals surface area contributed by atoms with E-state index in [1.54, 1.807) is 29.8 Å². The molecule has 0 bridgehead atoms. The van der Waals surface area contributed by atoms with E-state index in [2.05, 4.69) is 9.71 Å². The number of benzene rings is 1. The zero-order valence-electron chi connectivity index (χ0n) is 11.0. The van der Waals surface area contributed by atoms with Gasteiger partial charge in [-0.15, -0.1) is 11.3 Å². The molecule has 0 radical (unpaired) electrons. The first-order valence-electron chi connectivity index (χ1n) is 6.35. The molecule has 7 heteroatoms. The Morgan fingerprint density at radius 3 is 2.90 bits per heavy atom. The van der Waals surface area contributed by atoms with E-state index in [0.29, 0.717) is 10.6 Å². The van der Waals surface area contributed by atoms with Crippen molar-refractivity contribution in [2.75, 3.05) is 6.54 Å². The Morgan fingerprint density at radius 1 is 1.29 bits per heavy atom. The molecule has 21 heavy (non-hydrogen) atoms. The lowest BCUT2D eigenvalue weighted by Crippen LogP contribution is -2.25. The van der Waals surface area contributed by atoms with Gasteiger partial charge in [0.05, 0.1) is 0 Å². The summed E-state index contributed by atoms with van der Waals surface area (Å²) >= 11 is 1.18. The van der Waals surface area contributed by atoms with E-state index >= 15 is 0 Å². The second-order valence-electron chi connectivity index (χ2n) is 4.58. The van der Waals surface area contributed by atoms with Gasteiger partial charge in [0.15, 0.2) is 0 Å². The molecule has 0 saturated heterocycles. The molecule has 2 N–H and O–H groups in total. The molecule has 3 aromatic rings. The van der Waals surface area contributed by atoms with Crippen molar-refractivity contribution < 1.29 is 12.8 Å². The molecular formula is C14H13FN2O2S2. The molecular weight excluding hydrogens is 311 g/mol. The highest BCUT2D eigenvalue weighted by Crippen LogP contribution is 2.20. The molecule has 4 nitrogen and oxygen atoms in total. The van der Waals surface area contributed by atoms with Crippen LogP contribution < -0.4 is 4.72 Å². The smallest absolute Gasteiger partial charge is 0.250 e. The summed E-state index contributed by atoms with van der Waals surface area (Å²) in [7, 11) is -3.45. The molecule has 0 saturated carbocycles. The van der Waals surface area contributed by atoms with Gasteiger partial charge < -0.3 is 4.98 Å². The Labute approximate surface area is 125 Å². The van der Waals surface area contributed by atoms with Crippen LogP contribution in [0.25, 0.3) is 10.9 Å². The Morgan fingerprint density at radius 2 is 2.14 bits per heavy atom. The van der Waals surface area contributed by atoms with Gasteiger partial charge in [0.25, 0.3) is 0 Å². The number of fused-ring (bicyclic) bond motifs is 1. The lowest BCUT2D eigenvalue weighted by Gasteiger charge is -2.04. The van der Waals surface area contributed by atoms with Crippen LogP contribution in [-0.4, -0.2) is 19.9 Å². The van der Waals surface area contributed by atoms with Crippen molar-refractivity contribution in [3.05, 3.63) is 53.3 Å². The van der Waals surface area contributed by atoms with Crippen LogP contribution in [0.2, 0.25) is 0 Å². The Hall–Kier alpha value is -1.70. The first-order chi connectivity index (χ1) is 10.1. The third-order valence-corrected chi connectivity index (χ3v) is 6.03. The van der Waals surface area contributed by atoms with E-state index in [9.17, 15) is 12.8 Å². The number of rotatable bonds is 5. The van der Waals surface area contributed by atoms with Crippen LogP contribution in [0.4, 0.5) is 4.39 Å². The van der Waals surface area contributed by atoms with Gasteiger partial charge in [-0.3, -0.25) is 0 Å². The molecule has 0 aliphatic rings. The van der Waals surface area contributed by atoms with Gasteiger partial charge >= 0.3 is 0 Å². The molecule has 0 spiro atoms. The quantitative estimate of drug-likeness (QED) is 0.758. The van der Waals surface area contributed by atoms with E-state index in [1.165, 1.54) is 23.5 Å². The number of halogens is 1. The van der Waals surface area contributed by atoms with Crippen LogP contribution in [-0.2, 0) is 16.4 Å². The van der Waals surface area contributed by atoms with Gasteiger partial charge in [-0.1, -0.05) is 6.07 Å². The number of H-pyrrole nitrogens is 1. The van der Waals surface area contributed by atoms with Crippen molar-refractivity contribution in [1.82, 2.24) is 9.71 Å². The van der Waals surface area contributed by atoms with Crippen LogP contribution in [0, 0.1) is 5.82 Å². The molecule has 110 valence electrons. The van der Waals surface area contributed by atoms with E-state index < -0.39 is 10.0 Å². The van der Waals surface area contributed by atoms with Gasteiger partial charge in [-0.05, 0) is 41.6 Å². The van der Waals surface area contributed by atoms with Crippen molar-refractivity contribution in [2.45, 2.75) is 10.6 Å². The van der Waals surface area contributed by atoms with E-state index in [4.69, 9.17) is 0 Å². The normalized spacial score (nSPS) is 12.0. The van der Waals surface area contributed by atoms with Crippen LogP contribution in [0.1, 0.15) is 5.56 Å². The van der Waals surface area contributed by atoms with Crippen molar-refractivity contribution >= 4 is 32.3 Å². The number of nitrogens with one attached hydrogen (secondary N) is 2. The molecule has 0 amide bonds. The van der Waals surface area contributed by atoms with Gasteiger partial charge in [0.2, 0.25) is 10.0 Å². The summed E-state index contributed by atoms with van der Waals surface area (Å²) < 4.78 is 40.1. The molecule has 3 rings (SSSR count). The highest BCUT2D eigenvalue weighted by Gasteiger charge is 2.14. The average molecular weight is 324 g/mol. The Balaban J connectivity index is 1.71. The molecule has 0 fully saturated rings. The van der Waals surface area contributed by atoms with Gasteiger partial charge in [0, 0.05) is 23.6 Å². The molecule has 1 aromatic carbocycles. The number of aromatic nitrogens is 1. The van der Waals surface area contributed by atoms with Gasteiger partial charge in [0.1, 0.15) is 10.0 Å². The molecule has 0 atom stereocenters. The first-order valence-corrected chi connectivity index (χ1v) is 8.71. The fourth-order valence-corrected chi connectivity index (χ4v) is 4.23. The zero-order chi connectivity index (χ0) is 14.9. The summed E-state index contributed by atoms with van der Waals surface area (Å²) in [5.41, 5.74) is 1.73. The second kappa shape index (κ2) is 5.59. The number of sulfonamides is 1. The highest BCUT2D eigenvalue weighted by atomic mass is 32.2. The fourth-order valence-electron chi connectivity index (χ4n) is 2.17. The van der Waals surface area contributed by atoms with Crippen molar-refractivity contribution in [3.8, 4) is 0 Å². The van der Waals surface area contributed by atoms with Gasteiger partial charge in [-0.25, -0.2) is 17.5 Å². The largest absolute Gasteiger partial charge is 0.361 e. The minimum Gasteiger partial charge on any atom is -0.361 e. The maximum absolute atomic E-state index is 13.3. The SMILES string of the molecule is O=S(=O)(NCCc1c[nH]c2ccc(F)cc12)c1cccs1. The van der Waals surface area contributed by atoms with E-state index in [1.807, 2.05) is 0 Å². The van der Waals surface area contributed by atoms with Gasteiger partial charge in [-0.2, -0.15) is 0 Å². The molecule has 2 aromatic heterocycles. The summed E-state index contributed by atoms with van der Waals surface area (Å²) in [6.07, 6.45) is 2.28. The van der Waals surface area contributed by atoms with E-state index in [-0.39, 0.29) is 12.4 Å². The maximum Gasteiger partial charge on any atom is 0.250 e. The van der Waals surface area contributed by atoms with Crippen LogP contribution in [0.3, 0.4) is 0 Å². The Kier molecular flexibility index (Phi) is 3.79. The minimum absolute atomic E-state index is 0.268. The van der Waals surface area contributed by atoms with Crippen molar-refractivity contribution in [3.63, 3.8) is 0 Å². The molecule has 0 aliphatic heterocycles. The predicted octanol–water partition coefficient (Wildman–Crippen LogP) is 2.89. The average Bonchev–Trinajstić information content (AvgIpc) is 3.08. The molecule has 0 aliphatic carbocycles. The standard InChI is InChI=1S/C14H13FN2O2S2/c15-11-3-4-13-12(8-11)10(9-16-13)5-6-17-21(18,19)14-2-1-7-20-14/h1-4,7-9,16-17H,5-6H2. The molecule has 0 unspecified atom stereocenters. The van der Waals surface area contributed by atoms with Crippen LogP contribution >= 0.6 is 11.3 Å². The topological polar surface area (TPSA) is 62.0 Å². The second-order valence-corrected chi connectivity index (χ2v) is 7.53. The monoisotopic (exact) mass is 324 g/mol. The number of hydrogen-bond acceptors (Lipinski definition) is 3. The summed E-state index contributed by atoms with van der Waals surface area (Å²) in [5, 5.41) is 2.50. The minimum atomic E-state index is -3.45. The van der Waals surface area contributed by atoms with Crippen molar-refractivity contribution in [2.24, 2.45) is 0 Å². The number of thiophene rings is 1.